The van der Waals surface area contributed by atoms with Crippen molar-refractivity contribution in [2.24, 2.45) is 7.05 Å². The third kappa shape index (κ3) is 4.28. The monoisotopic (exact) mass is 394 g/mol. The molecule has 3 rings (SSSR count). The molecular weight excluding hydrogens is 368 g/mol. The first-order valence-electron chi connectivity index (χ1n) is 9.52. The summed E-state index contributed by atoms with van der Waals surface area (Å²) in [5.74, 6) is 0.894. The summed E-state index contributed by atoms with van der Waals surface area (Å²) in [7, 11) is 1.95. The number of carbonyl (C=O) groups excluding carboxylic acids is 1. The van der Waals surface area contributed by atoms with Gasteiger partial charge in [-0.05, 0) is 26.3 Å². The lowest BCUT2D eigenvalue weighted by molar-refractivity contribution is -0.130. The van der Waals surface area contributed by atoms with Crippen LogP contribution in [0.4, 0.5) is 0 Å². The van der Waals surface area contributed by atoms with Crippen LogP contribution in [0.3, 0.4) is 0 Å². The maximum absolute atomic E-state index is 13.2. The highest BCUT2D eigenvalue weighted by Gasteiger charge is 2.28. The molecule has 1 atom stereocenters. The van der Waals surface area contributed by atoms with Gasteiger partial charge in [0.15, 0.2) is 11.0 Å². The van der Waals surface area contributed by atoms with Gasteiger partial charge >= 0.3 is 0 Å². The van der Waals surface area contributed by atoms with Gasteiger partial charge in [-0.3, -0.25) is 4.79 Å². The molecule has 0 fully saturated rings. The van der Waals surface area contributed by atoms with Crippen LogP contribution >= 0.6 is 11.8 Å². The molecule has 2 aromatic carbocycles. The van der Waals surface area contributed by atoms with Crippen molar-refractivity contribution in [3.05, 3.63) is 65.7 Å². The summed E-state index contributed by atoms with van der Waals surface area (Å²) >= 11 is 1.45. The Bertz CT molecular complexity index is 917. The van der Waals surface area contributed by atoms with Gasteiger partial charge in [0, 0.05) is 25.7 Å². The molecule has 0 N–H and O–H groups in total. The molecule has 0 radical (unpaired) electrons. The lowest BCUT2D eigenvalue weighted by Gasteiger charge is -2.24. The minimum Gasteiger partial charge on any atom is -0.342 e. The Balaban J connectivity index is 1.93. The normalized spacial score (nSPS) is 12.0. The van der Waals surface area contributed by atoms with Crippen molar-refractivity contribution in [1.29, 1.82) is 0 Å². The van der Waals surface area contributed by atoms with E-state index in [-0.39, 0.29) is 11.2 Å². The fraction of sp³-hybridized carbons (Fsp3) is 0.318. The number of aromatic nitrogens is 3. The van der Waals surface area contributed by atoms with Gasteiger partial charge < -0.3 is 9.47 Å². The highest BCUT2D eigenvalue weighted by molar-refractivity contribution is 8.00. The number of hydrogen-bond acceptors (Lipinski definition) is 4. The zero-order valence-corrected chi connectivity index (χ0v) is 17.6. The van der Waals surface area contributed by atoms with Crippen molar-refractivity contribution in [3.63, 3.8) is 0 Å². The Labute approximate surface area is 170 Å². The third-order valence-corrected chi connectivity index (χ3v) is 6.05. The second-order valence-corrected chi connectivity index (χ2v) is 7.72. The number of amides is 1. The molecule has 0 aliphatic heterocycles. The fourth-order valence-electron chi connectivity index (χ4n) is 3.07. The van der Waals surface area contributed by atoms with Crippen molar-refractivity contribution in [2.75, 3.05) is 13.1 Å². The maximum Gasteiger partial charge on any atom is 0.240 e. The second-order valence-electron chi connectivity index (χ2n) is 6.65. The molecule has 3 aromatic rings. The topological polar surface area (TPSA) is 51.0 Å². The minimum atomic E-state index is -0.352. The Hall–Kier alpha value is -2.60. The van der Waals surface area contributed by atoms with E-state index in [0.717, 1.165) is 22.1 Å². The van der Waals surface area contributed by atoms with Crippen LogP contribution in [0.1, 0.15) is 30.2 Å². The number of likely N-dealkylation sites (N-methyl/N-ethyl adjacent to an activating group) is 1. The van der Waals surface area contributed by atoms with Gasteiger partial charge in [-0.15, -0.1) is 10.2 Å². The first-order chi connectivity index (χ1) is 13.5. The summed E-state index contributed by atoms with van der Waals surface area (Å²) in [5, 5.41) is 9.13. The summed E-state index contributed by atoms with van der Waals surface area (Å²) in [4.78, 5) is 15.0. The average Bonchev–Trinajstić information content (AvgIpc) is 3.08. The zero-order valence-electron chi connectivity index (χ0n) is 16.8. The van der Waals surface area contributed by atoms with Gasteiger partial charge in [0.1, 0.15) is 5.25 Å². The number of thioether (sulfide) groups is 1. The van der Waals surface area contributed by atoms with E-state index in [2.05, 4.69) is 29.3 Å². The molecule has 146 valence electrons. The first kappa shape index (κ1) is 20.1. The predicted molar refractivity (Wildman–Crippen MR) is 114 cm³/mol. The molecule has 28 heavy (non-hydrogen) atoms. The molecule has 0 saturated heterocycles. The van der Waals surface area contributed by atoms with Crippen molar-refractivity contribution in [2.45, 2.75) is 31.2 Å². The standard InChI is InChI=1S/C22H26N4OS/c1-5-26(6-2)21(27)19(17-10-8-7-9-11-17)28-22-24-23-20(25(22)4)18-14-12-16(3)13-15-18/h7-15,19H,5-6H2,1-4H3. The third-order valence-electron chi connectivity index (χ3n) is 4.77. The molecule has 1 unspecified atom stereocenters. The van der Waals surface area contributed by atoms with E-state index in [0.29, 0.717) is 13.1 Å². The molecular formula is C22H26N4OS. The number of nitrogens with zero attached hydrogens (tertiary/aromatic N) is 4. The van der Waals surface area contributed by atoms with Crippen molar-refractivity contribution >= 4 is 17.7 Å². The fourth-order valence-corrected chi connectivity index (χ4v) is 4.15. The molecule has 0 bridgehead atoms. The van der Waals surface area contributed by atoms with Crippen LogP contribution in [0.2, 0.25) is 0 Å². The molecule has 5 nitrogen and oxygen atoms in total. The summed E-state index contributed by atoms with van der Waals surface area (Å²) in [5.41, 5.74) is 3.19. The van der Waals surface area contributed by atoms with E-state index in [1.807, 2.05) is 72.8 Å². The van der Waals surface area contributed by atoms with Crippen LogP contribution in [-0.2, 0) is 11.8 Å². The number of carbonyl (C=O) groups is 1. The first-order valence-corrected chi connectivity index (χ1v) is 10.4. The van der Waals surface area contributed by atoms with Crippen LogP contribution in [0.5, 0.6) is 0 Å². The van der Waals surface area contributed by atoms with Crippen LogP contribution in [-0.4, -0.2) is 38.7 Å². The van der Waals surface area contributed by atoms with Crippen molar-refractivity contribution in [1.82, 2.24) is 19.7 Å². The van der Waals surface area contributed by atoms with E-state index in [1.165, 1.54) is 17.3 Å². The highest BCUT2D eigenvalue weighted by Crippen LogP contribution is 2.36. The van der Waals surface area contributed by atoms with Gasteiger partial charge in [0.25, 0.3) is 0 Å². The van der Waals surface area contributed by atoms with E-state index in [4.69, 9.17) is 0 Å². The Morgan fingerprint density at radius 3 is 2.29 bits per heavy atom. The highest BCUT2D eigenvalue weighted by atomic mass is 32.2. The molecule has 1 aromatic heterocycles. The summed E-state index contributed by atoms with van der Waals surface area (Å²) < 4.78 is 1.96. The molecule has 0 aliphatic rings. The van der Waals surface area contributed by atoms with Gasteiger partial charge in [-0.25, -0.2) is 0 Å². The van der Waals surface area contributed by atoms with Crippen molar-refractivity contribution in [3.8, 4) is 11.4 Å². The zero-order chi connectivity index (χ0) is 20.1. The van der Waals surface area contributed by atoms with E-state index >= 15 is 0 Å². The summed E-state index contributed by atoms with van der Waals surface area (Å²) in [6, 6.07) is 18.1. The molecule has 0 spiro atoms. The Kier molecular flexibility index (Phi) is 6.52. The molecule has 1 amide bonds. The van der Waals surface area contributed by atoms with Crippen molar-refractivity contribution < 1.29 is 4.79 Å². The predicted octanol–water partition coefficient (Wildman–Crippen LogP) is 4.49. The summed E-state index contributed by atoms with van der Waals surface area (Å²) in [6.45, 7) is 7.45. The van der Waals surface area contributed by atoms with Gasteiger partial charge in [-0.1, -0.05) is 71.9 Å². The van der Waals surface area contributed by atoms with Crippen LogP contribution in [0.15, 0.2) is 59.8 Å². The lowest BCUT2D eigenvalue weighted by atomic mass is 10.1. The van der Waals surface area contributed by atoms with E-state index < -0.39 is 0 Å². The van der Waals surface area contributed by atoms with Crippen LogP contribution in [0.25, 0.3) is 11.4 Å². The molecule has 0 saturated carbocycles. The molecule has 1 heterocycles. The van der Waals surface area contributed by atoms with E-state index in [9.17, 15) is 4.79 Å². The molecule has 0 aliphatic carbocycles. The number of aryl methyl sites for hydroxylation is 1. The average molecular weight is 395 g/mol. The number of rotatable bonds is 7. The minimum absolute atomic E-state index is 0.0982. The SMILES string of the molecule is CCN(CC)C(=O)C(Sc1nnc(-c2ccc(C)cc2)n1C)c1ccccc1. The van der Waals surface area contributed by atoms with Gasteiger partial charge in [0.05, 0.1) is 0 Å². The number of benzene rings is 2. The van der Waals surface area contributed by atoms with Gasteiger partial charge in [-0.2, -0.15) is 0 Å². The Morgan fingerprint density at radius 1 is 1.04 bits per heavy atom. The molecule has 6 heteroatoms. The van der Waals surface area contributed by atoms with Crippen LogP contribution < -0.4 is 0 Å². The van der Waals surface area contributed by atoms with Crippen LogP contribution in [0, 0.1) is 6.92 Å². The van der Waals surface area contributed by atoms with Gasteiger partial charge in [0.2, 0.25) is 5.91 Å². The lowest BCUT2D eigenvalue weighted by Crippen LogP contribution is -2.34. The van der Waals surface area contributed by atoms with E-state index in [1.54, 1.807) is 0 Å². The summed E-state index contributed by atoms with van der Waals surface area (Å²) in [6.07, 6.45) is 0. The quantitative estimate of drug-likeness (QED) is 0.554. The second kappa shape index (κ2) is 9.06. The number of hydrogen-bond donors (Lipinski definition) is 0. The largest absolute Gasteiger partial charge is 0.342 e. The smallest absolute Gasteiger partial charge is 0.240 e. The maximum atomic E-state index is 13.2. The Morgan fingerprint density at radius 2 is 1.68 bits per heavy atom.